The Kier molecular flexibility index (Phi) is 3.85. The summed E-state index contributed by atoms with van der Waals surface area (Å²) < 4.78 is 0. The van der Waals surface area contributed by atoms with Crippen LogP contribution in [0.4, 0.5) is 0 Å². The Labute approximate surface area is 87.5 Å². The Morgan fingerprint density at radius 2 is 2.50 bits per heavy atom. The molecule has 0 unspecified atom stereocenters. The monoisotopic (exact) mass is 213 g/mol. The van der Waals surface area contributed by atoms with Crippen LogP contribution in [0.3, 0.4) is 0 Å². The molecule has 1 aromatic rings. The number of halogens is 1. The Morgan fingerprint density at radius 1 is 1.79 bits per heavy atom. The van der Waals surface area contributed by atoms with E-state index in [4.69, 9.17) is 17.3 Å². The van der Waals surface area contributed by atoms with E-state index in [-0.39, 0.29) is 11.9 Å². The zero-order valence-electron chi connectivity index (χ0n) is 7.83. The van der Waals surface area contributed by atoms with Crippen LogP contribution in [0, 0.1) is 0 Å². The summed E-state index contributed by atoms with van der Waals surface area (Å²) in [5, 5.41) is 3.38. The molecule has 3 N–H and O–H groups in total. The largest absolute Gasteiger partial charge is 0.368 e. The molecule has 0 spiro atoms. The van der Waals surface area contributed by atoms with Crippen LogP contribution in [0.5, 0.6) is 0 Å². The molecule has 1 heterocycles. The molecule has 0 aliphatic heterocycles. The summed E-state index contributed by atoms with van der Waals surface area (Å²) in [5.74, 6) is -0.384. The lowest BCUT2D eigenvalue weighted by atomic mass is 10.2. The summed E-state index contributed by atoms with van der Waals surface area (Å²) in [4.78, 5) is 14.6. The molecular weight excluding hydrogens is 202 g/mol. The SMILES string of the molecule is C[C@H](NCc1cccnc1Cl)C(N)=O. The maximum atomic E-state index is 10.7. The Morgan fingerprint density at radius 3 is 3.07 bits per heavy atom. The second kappa shape index (κ2) is 4.93. The number of rotatable bonds is 4. The molecule has 0 bridgehead atoms. The van der Waals surface area contributed by atoms with Crippen molar-refractivity contribution in [2.75, 3.05) is 0 Å². The van der Waals surface area contributed by atoms with E-state index >= 15 is 0 Å². The van der Waals surface area contributed by atoms with E-state index in [0.29, 0.717) is 11.7 Å². The number of nitrogens with zero attached hydrogens (tertiary/aromatic N) is 1. The minimum absolute atomic E-state index is 0.369. The molecule has 1 aromatic heterocycles. The molecule has 1 rings (SSSR count). The van der Waals surface area contributed by atoms with Gasteiger partial charge in [0, 0.05) is 18.3 Å². The lowest BCUT2D eigenvalue weighted by Crippen LogP contribution is -2.38. The summed E-state index contributed by atoms with van der Waals surface area (Å²) in [6.07, 6.45) is 1.61. The maximum Gasteiger partial charge on any atom is 0.234 e. The molecule has 0 saturated carbocycles. The van der Waals surface area contributed by atoms with Gasteiger partial charge in [0.25, 0.3) is 0 Å². The number of amides is 1. The Bertz CT molecular complexity index is 330. The highest BCUT2D eigenvalue weighted by Gasteiger charge is 2.08. The fourth-order valence-corrected chi connectivity index (χ4v) is 1.10. The van der Waals surface area contributed by atoms with Crippen molar-refractivity contribution in [2.45, 2.75) is 19.5 Å². The van der Waals surface area contributed by atoms with Crippen LogP contribution in [0.1, 0.15) is 12.5 Å². The van der Waals surface area contributed by atoms with Gasteiger partial charge in [0.1, 0.15) is 5.15 Å². The van der Waals surface area contributed by atoms with E-state index in [0.717, 1.165) is 5.56 Å². The number of nitrogens with two attached hydrogens (primary N) is 1. The number of pyridine rings is 1. The highest BCUT2D eigenvalue weighted by molar-refractivity contribution is 6.30. The quantitative estimate of drug-likeness (QED) is 0.724. The average Bonchev–Trinajstić information content (AvgIpc) is 2.16. The molecule has 0 fully saturated rings. The average molecular weight is 214 g/mol. The molecule has 5 heteroatoms. The first-order chi connectivity index (χ1) is 6.61. The summed E-state index contributed by atoms with van der Waals surface area (Å²) in [6.45, 7) is 2.18. The molecule has 0 radical (unpaired) electrons. The van der Waals surface area contributed by atoms with Gasteiger partial charge in [-0.25, -0.2) is 4.98 Å². The van der Waals surface area contributed by atoms with Crippen molar-refractivity contribution in [1.29, 1.82) is 0 Å². The number of hydrogen-bond acceptors (Lipinski definition) is 3. The smallest absolute Gasteiger partial charge is 0.234 e. The van der Waals surface area contributed by atoms with Crippen molar-refractivity contribution in [3.05, 3.63) is 29.0 Å². The summed E-state index contributed by atoms with van der Waals surface area (Å²) in [6, 6.07) is 3.26. The van der Waals surface area contributed by atoms with Gasteiger partial charge in [0.05, 0.1) is 6.04 Å². The van der Waals surface area contributed by atoms with Gasteiger partial charge in [-0.15, -0.1) is 0 Å². The zero-order valence-corrected chi connectivity index (χ0v) is 8.58. The number of carbonyl (C=O) groups excluding carboxylic acids is 1. The number of aromatic nitrogens is 1. The summed E-state index contributed by atoms with van der Waals surface area (Å²) in [7, 11) is 0. The van der Waals surface area contributed by atoms with Crippen LogP contribution in [0.25, 0.3) is 0 Å². The molecule has 0 aliphatic rings. The second-order valence-electron chi connectivity index (χ2n) is 2.96. The zero-order chi connectivity index (χ0) is 10.6. The van der Waals surface area contributed by atoms with Crippen LogP contribution < -0.4 is 11.1 Å². The van der Waals surface area contributed by atoms with Crippen molar-refractivity contribution in [3.63, 3.8) is 0 Å². The van der Waals surface area contributed by atoms with Gasteiger partial charge in [-0.2, -0.15) is 0 Å². The van der Waals surface area contributed by atoms with Gasteiger partial charge >= 0.3 is 0 Å². The minimum Gasteiger partial charge on any atom is -0.368 e. The lowest BCUT2D eigenvalue weighted by Gasteiger charge is -2.10. The van der Waals surface area contributed by atoms with Gasteiger partial charge in [0.15, 0.2) is 0 Å². The first-order valence-corrected chi connectivity index (χ1v) is 4.61. The van der Waals surface area contributed by atoms with E-state index in [1.54, 1.807) is 19.2 Å². The Hall–Kier alpha value is -1.13. The number of primary amides is 1. The first-order valence-electron chi connectivity index (χ1n) is 4.23. The summed E-state index contributed by atoms with van der Waals surface area (Å²) >= 11 is 5.82. The predicted octanol–water partition coefficient (Wildman–Crippen LogP) is 0.698. The van der Waals surface area contributed by atoms with Crippen molar-refractivity contribution in [3.8, 4) is 0 Å². The fourth-order valence-electron chi connectivity index (χ4n) is 0.915. The van der Waals surface area contributed by atoms with E-state index < -0.39 is 0 Å². The van der Waals surface area contributed by atoms with E-state index in [1.807, 2.05) is 6.07 Å². The van der Waals surface area contributed by atoms with Crippen LogP contribution in [-0.2, 0) is 11.3 Å². The van der Waals surface area contributed by atoms with Crippen LogP contribution in [-0.4, -0.2) is 16.9 Å². The highest BCUT2D eigenvalue weighted by Crippen LogP contribution is 2.10. The van der Waals surface area contributed by atoms with Gasteiger partial charge in [-0.3, -0.25) is 4.79 Å². The molecule has 0 aromatic carbocycles. The van der Waals surface area contributed by atoms with Gasteiger partial charge in [-0.1, -0.05) is 17.7 Å². The molecular formula is C9H12ClN3O. The highest BCUT2D eigenvalue weighted by atomic mass is 35.5. The topological polar surface area (TPSA) is 68.0 Å². The fraction of sp³-hybridized carbons (Fsp3) is 0.333. The standard InChI is InChI=1S/C9H12ClN3O/c1-6(9(11)14)13-5-7-3-2-4-12-8(7)10/h2-4,6,13H,5H2,1H3,(H2,11,14)/t6-/m0/s1. The minimum atomic E-state index is -0.384. The second-order valence-corrected chi connectivity index (χ2v) is 3.32. The third kappa shape index (κ3) is 2.97. The lowest BCUT2D eigenvalue weighted by molar-refractivity contribution is -0.119. The first kappa shape index (κ1) is 10.9. The van der Waals surface area contributed by atoms with Crippen molar-refractivity contribution in [2.24, 2.45) is 5.73 Å². The Balaban J connectivity index is 2.54. The van der Waals surface area contributed by atoms with Crippen LogP contribution in [0.15, 0.2) is 18.3 Å². The molecule has 14 heavy (non-hydrogen) atoms. The van der Waals surface area contributed by atoms with Gasteiger partial charge in [-0.05, 0) is 13.0 Å². The maximum absolute atomic E-state index is 10.7. The van der Waals surface area contributed by atoms with Crippen LogP contribution in [0.2, 0.25) is 5.15 Å². The van der Waals surface area contributed by atoms with Crippen LogP contribution >= 0.6 is 11.6 Å². The van der Waals surface area contributed by atoms with Crippen molar-refractivity contribution < 1.29 is 4.79 Å². The molecule has 76 valence electrons. The molecule has 1 atom stereocenters. The third-order valence-corrected chi connectivity index (χ3v) is 2.20. The number of hydrogen-bond donors (Lipinski definition) is 2. The van der Waals surface area contributed by atoms with Gasteiger partial charge in [0.2, 0.25) is 5.91 Å². The van der Waals surface area contributed by atoms with Gasteiger partial charge < -0.3 is 11.1 Å². The summed E-state index contributed by atoms with van der Waals surface area (Å²) in [5.41, 5.74) is 5.94. The van der Waals surface area contributed by atoms with Crippen molar-refractivity contribution >= 4 is 17.5 Å². The normalized spacial score (nSPS) is 12.4. The number of nitrogens with one attached hydrogen (secondary N) is 1. The third-order valence-electron chi connectivity index (χ3n) is 1.86. The van der Waals surface area contributed by atoms with Crippen molar-refractivity contribution in [1.82, 2.24) is 10.3 Å². The van der Waals surface area contributed by atoms with E-state index in [2.05, 4.69) is 10.3 Å². The number of carbonyl (C=O) groups is 1. The molecule has 0 aliphatic carbocycles. The molecule has 0 saturated heterocycles. The molecule has 1 amide bonds. The van der Waals surface area contributed by atoms with E-state index in [1.165, 1.54) is 0 Å². The molecule has 4 nitrogen and oxygen atoms in total. The predicted molar refractivity (Wildman–Crippen MR) is 54.7 cm³/mol. The van der Waals surface area contributed by atoms with E-state index in [9.17, 15) is 4.79 Å².